The first-order valence-electron chi connectivity index (χ1n) is 7.32. The lowest BCUT2D eigenvalue weighted by atomic mass is 10.0. The zero-order valence-electron chi connectivity index (χ0n) is 11.7. The molecular formula is C16H20ClNOS. The molecular weight excluding hydrogens is 290 g/mol. The summed E-state index contributed by atoms with van der Waals surface area (Å²) in [7, 11) is 0. The lowest BCUT2D eigenvalue weighted by molar-refractivity contribution is 0.410. The molecule has 1 saturated heterocycles. The third-order valence-corrected chi connectivity index (χ3v) is 5.51. The summed E-state index contributed by atoms with van der Waals surface area (Å²) in [6, 6.07) is 8.26. The lowest BCUT2D eigenvalue weighted by Crippen LogP contribution is -2.31. The molecule has 0 radical (unpaired) electrons. The van der Waals surface area contributed by atoms with E-state index >= 15 is 0 Å². The second kappa shape index (κ2) is 6.42. The van der Waals surface area contributed by atoms with Gasteiger partial charge in [-0.25, -0.2) is 0 Å². The molecule has 3 rings (SSSR count). The maximum atomic E-state index is 6.06. The average molecular weight is 310 g/mol. The summed E-state index contributed by atoms with van der Waals surface area (Å²) in [5.74, 6) is 2.31. The van der Waals surface area contributed by atoms with E-state index in [0.29, 0.717) is 11.3 Å². The van der Waals surface area contributed by atoms with Gasteiger partial charge in [-0.15, -0.1) is 0 Å². The molecule has 0 aliphatic carbocycles. The summed E-state index contributed by atoms with van der Waals surface area (Å²) >= 11 is 8.13. The van der Waals surface area contributed by atoms with E-state index < -0.39 is 0 Å². The van der Waals surface area contributed by atoms with Crippen LogP contribution >= 0.6 is 23.4 Å². The summed E-state index contributed by atoms with van der Waals surface area (Å²) in [5, 5.41) is 6.06. The van der Waals surface area contributed by atoms with Crippen LogP contribution < -0.4 is 5.32 Å². The molecule has 2 unspecified atom stereocenters. The number of benzene rings is 1. The van der Waals surface area contributed by atoms with Crippen LogP contribution in [0.4, 0.5) is 0 Å². The quantitative estimate of drug-likeness (QED) is 0.858. The first-order chi connectivity index (χ1) is 9.78. The topological polar surface area (TPSA) is 25.2 Å². The van der Waals surface area contributed by atoms with E-state index in [1.54, 1.807) is 0 Å². The fourth-order valence-electron chi connectivity index (χ4n) is 2.85. The van der Waals surface area contributed by atoms with E-state index in [1.165, 1.54) is 25.0 Å². The van der Waals surface area contributed by atoms with Crippen molar-refractivity contribution in [3.63, 3.8) is 0 Å². The highest BCUT2D eigenvalue weighted by Crippen LogP contribution is 2.37. The predicted molar refractivity (Wildman–Crippen MR) is 87.7 cm³/mol. The number of furan rings is 1. The highest BCUT2D eigenvalue weighted by molar-refractivity contribution is 8.00. The van der Waals surface area contributed by atoms with Crippen LogP contribution in [0, 0.1) is 0 Å². The largest absolute Gasteiger partial charge is 0.459 e. The Labute approximate surface area is 129 Å². The molecule has 1 aliphatic rings. The van der Waals surface area contributed by atoms with Crippen molar-refractivity contribution in [3.05, 3.63) is 35.0 Å². The van der Waals surface area contributed by atoms with Crippen molar-refractivity contribution in [1.82, 2.24) is 5.32 Å². The van der Waals surface area contributed by atoms with Gasteiger partial charge in [0.2, 0.25) is 0 Å². The smallest absolute Gasteiger partial charge is 0.134 e. The Bertz CT molecular complexity index is 577. The summed E-state index contributed by atoms with van der Waals surface area (Å²) in [4.78, 5) is 0. The van der Waals surface area contributed by atoms with Gasteiger partial charge in [-0.3, -0.25) is 0 Å². The SMILES string of the molecule is CCNC(c1cc2cc(Cl)ccc2o1)C1CCCCS1. The maximum Gasteiger partial charge on any atom is 0.134 e. The first kappa shape index (κ1) is 14.3. The van der Waals surface area contributed by atoms with Crippen molar-refractivity contribution in [2.45, 2.75) is 37.5 Å². The van der Waals surface area contributed by atoms with E-state index in [9.17, 15) is 0 Å². The zero-order chi connectivity index (χ0) is 13.9. The molecule has 2 aromatic rings. The summed E-state index contributed by atoms with van der Waals surface area (Å²) in [5.41, 5.74) is 0.924. The predicted octanol–water partition coefficient (Wildman–Crippen LogP) is 5.02. The number of hydrogen-bond acceptors (Lipinski definition) is 3. The van der Waals surface area contributed by atoms with Gasteiger partial charge < -0.3 is 9.73 Å². The monoisotopic (exact) mass is 309 g/mol. The molecule has 2 atom stereocenters. The molecule has 108 valence electrons. The van der Waals surface area contributed by atoms with Crippen molar-refractivity contribution in [3.8, 4) is 0 Å². The highest BCUT2D eigenvalue weighted by atomic mass is 35.5. The van der Waals surface area contributed by atoms with Gasteiger partial charge in [0.05, 0.1) is 6.04 Å². The molecule has 4 heteroatoms. The van der Waals surface area contributed by atoms with Crippen molar-refractivity contribution < 1.29 is 4.42 Å². The highest BCUT2D eigenvalue weighted by Gasteiger charge is 2.27. The Balaban J connectivity index is 1.91. The Hall–Kier alpha value is -0.640. The van der Waals surface area contributed by atoms with Gasteiger partial charge in [-0.05, 0) is 49.4 Å². The number of thioether (sulfide) groups is 1. The average Bonchev–Trinajstić information content (AvgIpc) is 2.88. The van der Waals surface area contributed by atoms with Crippen molar-refractivity contribution in [2.75, 3.05) is 12.3 Å². The van der Waals surface area contributed by atoms with Crippen LogP contribution in [0.5, 0.6) is 0 Å². The van der Waals surface area contributed by atoms with Gasteiger partial charge in [0.1, 0.15) is 11.3 Å². The van der Waals surface area contributed by atoms with Gasteiger partial charge >= 0.3 is 0 Å². The molecule has 1 fully saturated rings. The Morgan fingerprint density at radius 2 is 2.30 bits per heavy atom. The molecule has 0 amide bonds. The fraction of sp³-hybridized carbons (Fsp3) is 0.500. The number of halogens is 1. The molecule has 1 aromatic carbocycles. The minimum atomic E-state index is 0.302. The van der Waals surface area contributed by atoms with Crippen molar-refractivity contribution in [1.29, 1.82) is 0 Å². The summed E-state index contributed by atoms with van der Waals surface area (Å²) in [6.45, 7) is 3.11. The van der Waals surface area contributed by atoms with Crippen molar-refractivity contribution >= 4 is 34.3 Å². The Morgan fingerprint density at radius 3 is 3.05 bits per heavy atom. The van der Waals surface area contributed by atoms with E-state index in [1.807, 2.05) is 18.2 Å². The van der Waals surface area contributed by atoms with Crippen LogP contribution in [-0.2, 0) is 0 Å². The van der Waals surface area contributed by atoms with E-state index in [2.05, 4.69) is 30.1 Å². The summed E-state index contributed by atoms with van der Waals surface area (Å²) < 4.78 is 6.06. The van der Waals surface area contributed by atoms with Gasteiger partial charge in [0.25, 0.3) is 0 Å². The molecule has 0 saturated carbocycles. The van der Waals surface area contributed by atoms with Crippen LogP contribution in [-0.4, -0.2) is 17.5 Å². The van der Waals surface area contributed by atoms with Crippen LogP contribution in [0.1, 0.15) is 38.0 Å². The zero-order valence-corrected chi connectivity index (χ0v) is 13.3. The van der Waals surface area contributed by atoms with Crippen LogP contribution in [0.3, 0.4) is 0 Å². The minimum Gasteiger partial charge on any atom is -0.459 e. The third-order valence-electron chi connectivity index (χ3n) is 3.81. The third kappa shape index (κ3) is 3.00. The van der Waals surface area contributed by atoms with Gasteiger partial charge in [0, 0.05) is 15.7 Å². The Morgan fingerprint density at radius 1 is 1.40 bits per heavy atom. The number of nitrogens with one attached hydrogen (secondary N) is 1. The number of rotatable bonds is 4. The molecule has 2 nitrogen and oxygen atoms in total. The number of fused-ring (bicyclic) bond motifs is 1. The van der Waals surface area contributed by atoms with Gasteiger partial charge in [0.15, 0.2) is 0 Å². The molecule has 0 bridgehead atoms. The lowest BCUT2D eigenvalue weighted by Gasteiger charge is -2.29. The van der Waals surface area contributed by atoms with Gasteiger partial charge in [-0.1, -0.05) is 24.9 Å². The van der Waals surface area contributed by atoms with Crippen LogP contribution in [0.15, 0.2) is 28.7 Å². The second-order valence-electron chi connectivity index (χ2n) is 5.27. The molecule has 1 aliphatic heterocycles. The van der Waals surface area contributed by atoms with Crippen molar-refractivity contribution in [2.24, 2.45) is 0 Å². The second-order valence-corrected chi connectivity index (χ2v) is 7.05. The number of hydrogen-bond donors (Lipinski definition) is 1. The molecule has 0 spiro atoms. The van der Waals surface area contributed by atoms with Crippen LogP contribution in [0.2, 0.25) is 5.02 Å². The standard InChI is InChI=1S/C16H20ClNOS/c1-2-18-16(15-5-3-4-8-20-15)14-10-11-9-12(17)6-7-13(11)19-14/h6-7,9-10,15-16,18H,2-5,8H2,1H3. The molecule has 1 aromatic heterocycles. The van der Waals surface area contributed by atoms with E-state index in [-0.39, 0.29) is 0 Å². The molecule has 2 heterocycles. The van der Waals surface area contributed by atoms with Crippen LogP contribution in [0.25, 0.3) is 11.0 Å². The molecule has 20 heavy (non-hydrogen) atoms. The van der Waals surface area contributed by atoms with Gasteiger partial charge in [-0.2, -0.15) is 11.8 Å². The molecule has 1 N–H and O–H groups in total. The summed E-state index contributed by atoms with van der Waals surface area (Å²) in [6.07, 6.45) is 3.93. The first-order valence-corrected chi connectivity index (χ1v) is 8.74. The van der Waals surface area contributed by atoms with E-state index in [4.69, 9.17) is 16.0 Å². The van der Waals surface area contributed by atoms with E-state index in [0.717, 1.165) is 28.3 Å². The minimum absolute atomic E-state index is 0.302. The normalized spacial score (nSPS) is 21.2. The Kier molecular flexibility index (Phi) is 4.59. The fourth-order valence-corrected chi connectivity index (χ4v) is 4.46. The maximum absolute atomic E-state index is 6.06.